The Morgan fingerprint density at radius 2 is 2.23 bits per heavy atom. The van der Waals surface area contributed by atoms with Crippen LogP contribution >= 0.6 is 0 Å². The van der Waals surface area contributed by atoms with Crippen LogP contribution in [0.4, 0.5) is 0 Å². The first-order chi connectivity index (χ1) is 12.6. The lowest BCUT2D eigenvalue weighted by atomic mass is 10.1. The van der Waals surface area contributed by atoms with Crippen molar-refractivity contribution in [2.45, 2.75) is 39.3 Å². The zero-order valence-electron chi connectivity index (χ0n) is 15.6. The molecule has 6 nitrogen and oxygen atoms in total. The molecule has 1 saturated heterocycles. The van der Waals surface area contributed by atoms with E-state index >= 15 is 0 Å². The molecule has 1 aliphatic heterocycles. The number of hydrogen-bond acceptors (Lipinski definition) is 4. The number of carbonyl (C=O) groups excluding carboxylic acids is 1. The molecule has 0 saturated carbocycles. The van der Waals surface area contributed by atoms with Crippen molar-refractivity contribution in [1.29, 1.82) is 0 Å². The highest BCUT2D eigenvalue weighted by atomic mass is 16.5. The number of piperidine rings is 1. The second kappa shape index (κ2) is 8.85. The van der Waals surface area contributed by atoms with Crippen LogP contribution in [0.25, 0.3) is 0 Å². The molecular formula is C20H28N4O2. The van der Waals surface area contributed by atoms with Gasteiger partial charge < -0.3 is 15.4 Å². The van der Waals surface area contributed by atoms with Gasteiger partial charge in [0, 0.05) is 24.8 Å². The van der Waals surface area contributed by atoms with E-state index in [0.29, 0.717) is 30.8 Å². The predicted molar refractivity (Wildman–Crippen MR) is 101 cm³/mol. The van der Waals surface area contributed by atoms with E-state index in [9.17, 15) is 4.79 Å². The maximum atomic E-state index is 12.4. The van der Waals surface area contributed by atoms with Crippen molar-refractivity contribution in [3.63, 3.8) is 0 Å². The van der Waals surface area contributed by atoms with Crippen molar-refractivity contribution >= 4 is 5.91 Å². The summed E-state index contributed by atoms with van der Waals surface area (Å²) in [5, 5.41) is 10.8. The van der Waals surface area contributed by atoms with E-state index in [0.717, 1.165) is 37.2 Å². The molecule has 26 heavy (non-hydrogen) atoms. The number of benzene rings is 1. The molecule has 1 fully saturated rings. The molecule has 1 unspecified atom stereocenters. The molecule has 2 aromatic rings. The summed E-state index contributed by atoms with van der Waals surface area (Å²) in [7, 11) is 0. The van der Waals surface area contributed by atoms with Crippen molar-refractivity contribution < 1.29 is 9.53 Å². The quantitative estimate of drug-likeness (QED) is 0.800. The average molecular weight is 356 g/mol. The number of nitrogens with one attached hydrogen (secondary N) is 2. The minimum absolute atomic E-state index is 0.161. The van der Waals surface area contributed by atoms with Gasteiger partial charge in [0.15, 0.2) is 0 Å². The fraction of sp³-hybridized carbons (Fsp3) is 0.500. The first-order valence-electron chi connectivity index (χ1n) is 9.38. The zero-order chi connectivity index (χ0) is 18.4. The van der Waals surface area contributed by atoms with Gasteiger partial charge in [-0.1, -0.05) is 32.0 Å². The van der Waals surface area contributed by atoms with Gasteiger partial charge in [-0.25, -0.2) is 0 Å². The lowest BCUT2D eigenvalue weighted by Gasteiger charge is -2.22. The Bertz CT molecular complexity index is 720. The lowest BCUT2D eigenvalue weighted by molar-refractivity contribution is 0.0944. The van der Waals surface area contributed by atoms with Crippen LogP contribution in [-0.2, 0) is 6.54 Å². The number of ether oxygens (including phenoxy) is 1. The van der Waals surface area contributed by atoms with Crippen LogP contribution in [0.15, 0.2) is 36.5 Å². The fourth-order valence-corrected chi connectivity index (χ4v) is 3.03. The Hall–Kier alpha value is -2.34. The molecule has 140 valence electrons. The smallest absolute Gasteiger partial charge is 0.272 e. The first-order valence-corrected chi connectivity index (χ1v) is 9.38. The van der Waals surface area contributed by atoms with Gasteiger partial charge in [0.25, 0.3) is 5.91 Å². The Kier molecular flexibility index (Phi) is 6.28. The van der Waals surface area contributed by atoms with Crippen LogP contribution in [0.2, 0.25) is 0 Å². The molecule has 6 heteroatoms. The van der Waals surface area contributed by atoms with Gasteiger partial charge in [-0.3, -0.25) is 9.48 Å². The minimum atomic E-state index is -0.161. The molecule has 0 bridgehead atoms. The number of amides is 1. The van der Waals surface area contributed by atoms with Crippen LogP contribution in [0.3, 0.4) is 0 Å². The Balaban J connectivity index is 1.58. The van der Waals surface area contributed by atoms with Crippen LogP contribution in [0.5, 0.6) is 5.75 Å². The van der Waals surface area contributed by atoms with E-state index < -0.39 is 0 Å². The zero-order valence-corrected chi connectivity index (χ0v) is 15.6. The normalized spacial score (nSPS) is 17.3. The standard InChI is InChI=1S/C20H28N4O2/c1-15(2)14-26-19-8-4-3-6-16(19)12-22-20(25)18-9-11-24(23-18)17-7-5-10-21-13-17/h3-4,6,8-9,11,15,17,21H,5,7,10,12-14H2,1-2H3,(H,22,25). The molecule has 0 aliphatic carbocycles. The van der Waals surface area contributed by atoms with Crippen molar-refractivity contribution in [1.82, 2.24) is 20.4 Å². The topological polar surface area (TPSA) is 68.2 Å². The highest BCUT2D eigenvalue weighted by Crippen LogP contribution is 2.19. The van der Waals surface area contributed by atoms with E-state index in [1.54, 1.807) is 6.07 Å². The first kappa shape index (κ1) is 18.5. The fourth-order valence-electron chi connectivity index (χ4n) is 3.03. The molecule has 1 atom stereocenters. The van der Waals surface area contributed by atoms with Crippen LogP contribution < -0.4 is 15.4 Å². The van der Waals surface area contributed by atoms with E-state index in [-0.39, 0.29) is 5.91 Å². The predicted octanol–water partition coefficient (Wildman–Crippen LogP) is 2.77. The number of nitrogens with zero attached hydrogens (tertiary/aromatic N) is 2. The summed E-state index contributed by atoms with van der Waals surface area (Å²) in [5.41, 5.74) is 1.42. The Morgan fingerprint density at radius 3 is 3.00 bits per heavy atom. The monoisotopic (exact) mass is 356 g/mol. The largest absolute Gasteiger partial charge is 0.493 e. The van der Waals surface area contributed by atoms with Gasteiger partial charge in [0.2, 0.25) is 0 Å². The second-order valence-corrected chi connectivity index (χ2v) is 7.18. The average Bonchev–Trinajstić information content (AvgIpc) is 3.16. The second-order valence-electron chi connectivity index (χ2n) is 7.18. The van der Waals surface area contributed by atoms with Crippen molar-refractivity contribution in [3.05, 3.63) is 47.8 Å². The highest BCUT2D eigenvalue weighted by Gasteiger charge is 2.17. The summed E-state index contributed by atoms with van der Waals surface area (Å²) < 4.78 is 7.75. The van der Waals surface area contributed by atoms with Gasteiger partial charge in [-0.05, 0) is 37.4 Å². The number of para-hydroxylation sites is 1. The molecule has 1 aromatic heterocycles. The van der Waals surface area contributed by atoms with Gasteiger partial charge >= 0.3 is 0 Å². The van der Waals surface area contributed by atoms with Gasteiger partial charge in [0.05, 0.1) is 12.6 Å². The minimum Gasteiger partial charge on any atom is -0.493 e. The summed E-state index contributed by atoms with van der Waals surface area (Å²) in [6.07, 6.45) is 4.13. The molecule has 1 aliphatic rings. The third-order valence-electron chi connectivity index (χ3n) is 4.47. The van der Waals surface area contributed by atoms with Gasteiger partial charge in [-0.2, -0.15) is 5.10 Å². The molecular weight excluding hydrogens is 328 g/mol. The molecule has 1 amide bonds. The Morgan fingerprint density at radius 1 is 1.38 bits per heavy atom. The third-order valence-corrected chi connectivity index (χ3v) is 4.47. The van der Waals surface area contributed by atoms with Crippen molar-refractivity contribution in [2.75, 3.05) is 19.7 Å². The summed E-state index contributed by atoms with van der Waals surface area (Å²) in [6, 6.07) is 9.92. The van der Waals surface area contributed by atoms with E-state index in [1.165, 1.54) is 0 Å². The maximum Gasteiger partial charge on any atom is 0.272 e. The molecule has 2 heterocycles. The molecule has 0 radical (unpaired) electrons. The number of hydrogen-bond donors (Lipinski definition) is 2. The maximum absolute atomic E-state index is 12.4. The summed E-state index contributed by atoms with van der Waals surface area (Å²) in [4.78, 5) is 12.4. The lowest BCUT2D eigenvalue weighted by Crippen LogP contribution is -2.32. The molecule has 3 rings (SSSR count). The molecule has 1 aromatic carbocycles. The van der Waals surface area contributed by atoms with E-state index in [4.69, 9.17) is 4.74 Å². The Labute approximate surface area is 154 Å². The van der Waals surface area contributed by atoms with Gasteiger partial charge in [0.1, 0.15) is 11.4 Å². The van der Waals surface area contributed by atoms with Crippen LogP contribution in [0.1, 0.15) is 48.8 Å². The van der Waals surface area contributed by atoms with Crippen molar-refractivity contribution in [2.24, 2.45) is 5.92 Å². The number of rotatable bonds is 7. The summed E-state index contributed by atoms with van der Waals surface area (Å²) in [5.74, 6) is 1.11. The van der Waals surface area contributed by atoms with Crippen molar-refractivity contribution in [3.8, 4) is 5.75 Å². The summed E-state index contributed by atoms with van der Waals surface area (Å²) >= 11 is 0. The summed E-state index contributed by atoms with van der Waals surface area (Å²) in [6.45, 7) is 7.27. The van der Waals surface area contributed by atoms with E-state index in [1.807, 2.05) is 35.1 Å². The van der Waals surface area contributed by atoms with Crippen LogP contribution in [-0.4, -0.2) is 35.4 Å². The van der Waals surface area contributed by atoms with Crippen LogP contribution in [0, 0.1) is 5.92 Å². The highest BCUT2D eigenvalue weighted by molar-refractivity contribution is 5.92. The third kappa shape index (κ3) is 4.85. The number of aromatic nitrogens is 2. The molecule has 0 spiro atoms. The van der Waals surface area contributed by atoms with E-state index in [2.05, 4.69) is 29.6 Å². The van der Waals surface area contributed by atoms with Gasteiger partial charge in [-0.15, -0.1) is 0 Å². The molecule has 2 N–H and O–H groups in total. The number of carbonyl (C=O) groups is 1. The SMILES string of the molecule is CC(C)COc1ccccc1CNC(=O)c1ccn(C2CCCNC2)n1.